The lowest BCUT2D eigenvalue weighted by Crippen LogP contribution is -2.30. The summed E-state index contributed by atoms with van der Waals surface area (Å²) in [6.07, 6.45) is 4.70. The number of nitrogens with zero attached hydrogens (tertiary/aromatic N) is 2. The Morgan fingerprint density at radius 3 is 3.33 bits per heavy atom. The topological polar surface area (TPSA) is 68.2 Å². The van der Waals surface area contributed by atoms with E-state index in [4.69, 9.17) is 4.74 Å². The lowest BCUT2D eigenvalue weighted by atomic mass is 10.1. The molecule has 0 bridgehead atoms. The van der Waals surface area contributed by atoms with E-state index in [9.17, 15) is 4.79 Å². The van der Waals surface area contributed by atoms with E-state index >= 15 is 0 Å². The maximum absolute atomic E-state index is 11.7. The molecule has 1 aliphatic rings. The summed E-state index contributed by atoms with van der Waals surface area (Å²) in [6, 6.07) is 0. The summed E-state index contributed by atoms with van der Waals surface area (Å²) in [7, 11) is 1.62. The van der Waals surface area contributed by atoms with Crippen LogP contribution in [-0.2, 0) is 16.1 Å². The Hall–Kier alpha value is -1.40. The number of carbonyl (C=O) groups is 1. The Kier molecular flexibility index (Phi) is 4.72. The molecule has 0 saturated carbocycles. The van der Waals surface area contributed by atoms with E-state index in [1.807, 2.05) is 10.8 Å². The molecule has 0 radical (unpaired) electrons. The number of carbonyl (C=O) groups excluding carboxylic acids is 1. The predicted octanol–water partition coefficient (Wildman–Crippen LogP) is -0.277. The van der Waals surface area contributed by atoms with E-state index < -0.39 is 0 Å². The first-order valence-corrected chi connectivity index (χ1v) is 6.27. The minimum Gasteiger partial charge on any atom is -0.383 e. The first-order chi connectivity index (χ1) is 8.81. The summed E-state index contributed by atoms with van der Waals surface area (Å²) < 4.78 is 6.82. The van der Waals surface area contributed by atoms with E-state index in [2.05, 4.69) is 15.6 Å². The molecule has 1 atom stereocenters. The van der Waals surface area contributed by atoms with Gasteiger partial charge >= 0.3 is 0 Å². The zero-order valence-corrected chi connectivity index (χ0v) is 10.7. The molecule has 0 spiro atoms. The van der Waals surface area contributed by atoms with Crippen molar-refractivity contribution in [1.82, 2.24) is 20.2 Å². The molecular formula is C12H20N4O2. The molecule has 6 heteroatoms. The summed E-state index contributed by atoms with van der Waals surface area (Å²) in [4.78, 5) is 15.9. The van der Waals surface area contributed by atoms with E-state index in [-0.39, 0.29) is 5.91 Å². The fraction of sp³-hybridized carbons (Fsp3) is 0.667. The maximum Gasteiger partial charge on any atom is 0.240 e. The number of imidazole rings is 1. The van der Waals surface area contributed by atoms with Gasteiger partial charge in [0.2, 0.25) is 5.91 Å². The predicted molar refractivity (Wildman–Crippen MR) is 67.3 cm³/mol. The third kappa shape index (κ3) is 3.30. The lowest BCUT2D eigenvalue weighted by Gasteiger charge is -2.12. The molecule has 2 heterocycles. The molecule has 18 heavy (non-hydrogen) atoms. The van der Waals surface area contributed by atoms with Crippen molar-refractivity contribution >= 4 is 5.91 Å². The van der Waals surface area contributed by atoms with Gasteiger partial charge in [-0.05, 0) is 13.0 Å². The van der Waals surface area contributed by atoms with Gasteiger partial charge in [0.25, 0.3) is 0 Å². The highest BCUT2D eigenvalue weighted by atomic mass is 16.5. The SMILES string of the molecule is COCCNC(=O)Cn1cncc1C1CCNC1. The van der Waals surface area contributed by atoms with Crippen molar-refractivity contribution in [3.8, 4) is 0 Å². The molecule has 2 N–H and O–H groups in total. The molecule has 1 unspecified atom stereocenters. The Morgan fingerprint density at radius 1 is 1.72 bits per heavy atom. The van der Waals surface area contributed by atoms with Crippen LogP contribution < -0.4 is 10.6 Å². The molecule has 2 rings (SSSR count). The Balaban J connectivity index is 1.88. The summed E-state index contributed by atoms with van der Waals surface area (Å²) in [5.74, 6) is 0.469. The third-order valence-electron chi connectivity index (χ3n) is 3.17. The Morgan fingerprint density at radius 2 is 2.61 bits per heavy atom. The molecule has 1 aromatic rings. The minimum absolute atomic E-state index is 0.00254. The number of nitrogens with one attached hydrogen (secondary N) is 2. The molecule has 1 aliphatic heterocycles. The summed E-state index contributed by atoms with van der Waals surface area (Å²) >= 11 is 0. The van der Waals surface area contributed by atoms with Crippen LogP contribution in [0.15, 0.2) is 12.5 Å². The minimum atomic E-state index is -0.00254. The van der Waals surface area contributed by atoms with Gasteiger partial charge < -0.3 is 19.9 Å². The zero-order chi connectivity index (χ0) is 12.8. The van der Waals surface area contributed by atoms with Crippen LogP contribution in [0.2, 0.25) is 0 Å². The van der Waals surface area contributed by atoms with E-state index in [1.54, 1.807) is 13.4 Å². The number of hydrogen-bond donors (Lipinski definition) is 2. The number of amides is 1. The maximum atomic E-state index is 11.7. The first kappa shape index (κ1) is 13.0. The van der Waals surface area contributed by atoms with Gasteiger partial charge in [-0.3, -0.25) is 4.79 Å². The number of ether oxygens (including phenoxy) is 1. The summed E-state index contributed by atoms with van der Waals surface area (Å²) in [5.41, 5.74) is 1.14. The van der Waals surface area contributed by atoms with E-state index in [1.165, 1.54) is 0 Å². The Bertz CT molecular complexity index is 385. The van der Waals surface area contributed by atoms with Gasteiger partial charge in [0.1, 0.15) is 6.54 Å². The summed E-state index contributed by atoms with van der Waals surface area (Å²) in [5, 5.41) is 6.14. The Labute approximate surface area is 107 Å². The van der Waals surface area contributed by atoms with Gasteiger partial charge in [-0.15, -0.1) is 0 Å². The van der Waals surface area contributed by atoms with Crippen molar-refractivity contribution in [2.75, 3.05) is 33.4 Å². The molecule has 1 saturated heterocycles. The van der Waals surface area contributed by atoms with Crippen LogP contribution in [-0.4, -0.2) is 48.8 Å². The van der Waals surface area contributed by atoms with Gasteiger partial charge in [-0.25, -0.2) is 4.98 Å². The van der Waals surface area contributed by atoms with Crippen molar-refractivity contribution in [1.29, 1.82) is 0 Å². The second-order valence-corrected chi connectivity index (χ2v) is 4.48. The van der Waals surface area contributed by atoms with Gasteiger partial charge in [0, 0.05) is 38.0 Å². The van der Waals surface area contributed by atoms with Gasteiger partial charge in [-0.1, -0.05) is 0 Å². The van der Waals surface area contributed by atoms with Crippen LogP contribution >= 0.6 is 0 Å². The smallest absolute Gasteiger partial charge is 0.240 e. The molecule has 1 aromatic heterocycles. The van der Waals surface area contributed by atoms with E-state index in [0.717, 1.165) is 25.2 Å². The van der Waals surface area contributed by atoms with Crippen LogP contribution in [0.4, 0.5) is 0 Å². The molecule has 1 fully saturated rings. The quantitative estimate of drug-likeness (QED) is 0.683. The highest BCUT2D eigenvalue weighted by Crippen LogP contribution is 2.21. The lowest BCUT2D eigenvalue weighted by molar-refractivity contribution is -0.121. The van der Waals surface area contributed by atoms with Crippen molar-refractivity contribution in [3.05, 3.63) is 18.2 Å². The number of hydrogen-bond acceptors (Lipinski definition) is 4. The van der Waals surface area contributed by atoms with Crippen LogP contribution in [0.3, 0.4) is 0 Å². The third-order valence-corrected chi connectivity index (χ3v) is 3.17. The van der Waals surface area contributed by atoms with Gasteiger partial charge in [-0.2, -0.15) is 0 Å². The second-order valence-electron chi connectivity index (χ2n) is 4.48. The highest BCUT2D eigenvalue weighted by molar-refractivity contribution is 5.75. The second kappa shape index (κ2) is 6.51. The molecule has 100 valence electrons. The highest BCUT2D eigenvalue weighted by Gasteiger charge is 2.20. The summed E-state index contributed by atoms with van der Waals surface area (Å²) in [6.45, 7) is 3.42. The van der Waals surface area contributed by atoms with Crippen molar-refractivity contribution in [2.45, 2.75) is 18.9 Å². The van der Waals surface area contributed by atoms with Crippen LogP contribution in [0.1, 0.15) is 18.0 Å². The van der Waals surface area contributed by atoms with Crippen molar-refractivity contribution in [3.63, 3.8) is 0 Å². The fourth-order valence-corrected chi connectivity index (χ4v) is 2.21. The molecule has 1 amide bonds. The molecule has 6 nitrogen and oxygen atoms in total. The van der Waals surface area contributed by atoms with Crippen molar-refractivity contribution in [2.24, 2.45) is 0 Å². The average Bonchev–Trinajstić information content (AvgIpc) is 2.99. The number of rotatable bonds is 6. The monoisotopic (exact) mass is 252 g/mol. The number of aromatic nitrogens is 2. The van der Waals surface area contributed by atoms with Gasteiger partial charge in [0.15, 0.2) is 0 Å². The standard InChI is InChI=1S/C12H20N4O2/c1-18-5-4-15-12(17)8-16-9-14-7-11(16)10-2-3-13-6-10/h7,9-10,13H,2-6,8H2,1H3,(H,15,17). The molecule has 0 aliphatic carbocycles. The van der Waals surface area contributed by atoms with Crippen LogP contribution in [0.25, 0.3) is 0 Å². The van der Waals surface area contributed by atoms with Gasteiger partial charge in [0.05, 0.1) is 12.9 Å². The average molecular weight is 252 g/mol. The van der Waals surface area contributed by atoms with Crippen molar-refractivity contribution < 1.29 is 9.53 Å². The fourth-order valence-electron chi connectivity index (χ4n) is 2.21. The first-order valence-electron chi connectivity index (χ1n) is 6.27. The zero-order valence-electron chi connectivity index (χ0n) is 10.7. The number of methoxy groups -OCH3 is 1. The largest absolute Gasteiger partial charge is 0.383 e. The van der Waals surface area contributed by atoms with Crippen LogP contribution in [0.5, 0.6) is 0 Å². The van der Waals surface area contributed by atoms with E-state index in [0.29, 0.717) is 25.6 Å². The molecular weight excluding hydrogens is 232 g/mol. The molecule has 0 aromatic carbocycles. The van der Waals surface area contributed by atoms with Crippen LogP contribution in [0, 0.1) is 0 Å². The normalized spacial score (nSPS) is 19.1.